The number of nitrogens with one attached hydrogen (secondary N) is 1. The minimum Gasteiger partial charge on any atom is -0.367 e. The molecule has 0 radical (unpaired) electrons. The molecule has 5 nitrogen and oxygen atoms in total. The molecule has 1 fully saturated rings. The first-order chi connectivity index (χ1) is 8.72. The molecule has 0 aromatic carbocycles. The maximum Gasteiger partial charge on any atom is 0.157 e. The smallest absolute Gasteiger partial charge is 0.157 e. The SMILES string of the molecule is Cc1cc(NC2CCC(N)CC2)n2nccc2n1.Cl.Cl. The Labute approximate surface area is 131 Å². The fourth-order valence-electron chi connectivity index (χ4n) is 2.61. The zero-order chi connectivity index (χ0) is 12.5. The van der Waals surface area contributed by atoms with Gasteiger partial charge in [-0.2, -0.15) is 9.61 Å². The van der Waals surface area contributed by atoms with E-state index in [-0.39, 0.29) is 24.8 Å². The normalized spacial score (nSPS) is 21.9. The number of anilines is 1. The van der Waals surface area contributed by atoms with E-state index in [9.17, 15) is 0 Å². The Morgan fingerprint density at radius 3 is 2.65 bits per heavy atom. The molecule has 0 atom stereocenters. The summed E-state index contributed by atoms with van der Waals surface area (Å²) in [6.45, 7) is 2.01. The summed E-state index contributed by atoms with van der Waals surface area (Å²) in [5.74, 6) is 1.03. The monoisotopic (exact) mass is 317 g/mol. The second-order valence-corrected chi connectivity index (χ2v) is 5.14. The molecule has 112 valence electrons. The van der Waals surface area contributed by atoms with Crippen molar-refractivity contribution < 1.29 is 0 Å². The van der Waals surface area contributed by atoms with Crippen LogP contribution in [0.2, 0.25) is 0 Å². The molecular weight excluding hydrogens is 297 g/mol. The maximum absolute atomic E-state index is 5.93. The van der Waals surface area contributed by atoms with Gasteiger partial charge in [0.25, 0.3) is 0 Å². The van der Waals surface area contributed by atoms with E-state index < -0.39 is 0 Å². The van der Waals surface area contributed by atoms with Crippen molar-refractivity contribution in [3.05, 3.63) is 24.0 Å². The van der Waals surface area contributed by atoms with Gasteiger partial charge in [0.1, 0.15) is 5.82 Å². The summed E-state index contributed by atoms with van der Waals surface area (Å²) < 4.78 is 1.86. The van der Waals surface area contributed by atoms with Gasteiger partial charge in [-0.1, -0.05) is 0 Å². The van der Waals surface area contributed by atoms with Crippen molar-refractivity contribution in [2.75, 3.05) is 5.32 Å². The van der Waals surface area contributed by atoms with Gasteiger partial charge < -0.3 is 11.1 Å². The fraction of sp³-hybridized carbons (Fsp3) is 0.538. The molecule has 0 bridgehead atoms. The van der Waals surface area contributed by atoms with Crippen LogP contribution in [-0.4, -0.2) is 26.7 Å². The molecule has 20 heavy (non-hydrogen) atoms. The van der Waals surface area contributed by atoms with Crippen LogP contribution in [0, 0.1) is 6.92 Å². The van der Waals surface area contributed by atoms with E-state index in [2.05, 4.69) is 21.5 Å². The van der Waals surface area contributed by atoms with Gasteiger partial charge in [0.15, 0.2) is 5.65 Å². The van der Waals surface area contributed by atoms with Crippen molar-refractivity contribution in [1.82, 2.24) is 14.6 Å². The van der Waals surface area contributed by atoms with Gasteiger partial charge in [0, 0.05) is 29.9 Å². The average molecular weight is 318 g/mol. The number of rotatable bonds is 2. The minimum atomic E-state index is 0. The lowest BCUT2D eigenvalue weighted by atomic mass is 9.92. The predicted molar refractivity (Wildman–Crippen MR) is 86.1 cm³/mol. The van der Waals surface area contributed by atoms with Crippen molar-refractivity contribution in [3.8, 4) is 0 Å². The Morgan fingerprint density at radius 1 is 1.25 bits per heavy atom. The van der Waals surface area contributed by atoms with Crippen LogP contribution in [0.25, 0.3) is 5.65 Å². The predicted octanol–water partition coefficient (Wildman–Crippen LogP) is 2.56. The van der Waals surface area contributed by atoms with Gasteiger partial charge in [0.05, 0.1) is 6.20 Å². The minimum absolute atomic E-state index is 0. The van der Waals surface area contributed by atoms with Gasteiger partial charge in [0.2, 0.25) is 0 Å². The number of nitrogens with two attached hydrogens (primary N) is 1. The summed E-state index contributed by atoms with van der Waals surface area (Å²) in [6.07, 6.45) is 6.24. The third-order valence-corrected chi connectivity index (χ3v) is 3.61. The molecule has 1 aliphatic carbocycles. The molecular formula is C13H21Cl2N5. The van der Waals surface area contributed by atoms with Crippen LogP contribution >= 0.6 is 24.8 Å². The maximum atomic E-state index is 5.93. The van der Waals surface area contributed by atoms with Gasteiger partial charge in [-0.3, -0.25) is 0 Å². The summed E-state index contributed by atoms with van der Waals surface area (Å²) in [5.41, 5.74) is 7.84. The van der Waals surface area contributed by atoms with Crippen LogP contribution < -0.4 is 11.1 Å². The zero-order valence-corrected chi connectivity index (χ0v) is 13.1. The molecule has 2 aromatic heterocycles. The molecule has 3 rings (SSSR count). The number of fused-ring (bicyclic) bond motifs is 1. The van der Waals surface area contributed by atoms with Gasteiger partial charge in [-0.05, 0) is 32.6 Å². The lowest BCUT2D eigenvalue weighted by Gasteiger charge is -2.27. The lowest BCUT2D eigenvalue weighted by molar-refractivity contribution is 0.410. The summed E-state index contributed by atoms with van der Waals surface area (Å²) in [4.78, 5) is 4.44. The average Bonchev–Trinajstić information content (AvgIpc) is 2.80. The van der Waals surface area contributed by atoms with E-state index in [4.69, 9.17) is 5.73 Å². The van der Waals surface area contributed by atoms with Gasteiger partial charge in [-0.25, -0.2) is 4.98 Å². The van der Waals surface area contributed by atoms with Crippen LogP contribution in [0.15, 0.2) is 18.3 Å². The first-order valence-corrected chi connectivity index (χ1v) is 6.56. The number of nitrogens with zero attached hydrogens (tertiary/aromatic N) is 3. The molecule has 7 heteroatoms. The quantitative estimate of drug-likeness (QED) is 0.893. The number of hydrogen-bond acceptors (Lipinski definition) is 4. The highest BCUT2D eigenvalue weighted by Crippen LogP contribution is 2.21. The number of hydrogen-bond donors (Lipinski definition) is 2. The molecule has 1 saturated carbocycles. The van der Waals surface area contributed by atoms with Crippen LogP contribution in [0.5, 0.6) is 0 Å². The van der Waals surface area contributed by atoms with Crippen molar-refractivity contribution in [1.29, 1.82) is 0 Å². The molecule has 1 aliphatic rings. The largest absolute Gasteiger partial charge is 0.367 e. The standard InChI is InChI=1S/C13H19N5.2ClH/c1-9-8-13(18-12(16-9)6-7-15-18)17-11-4-2-10(14)3-5-11;;/h6-8,10-11,17H,2-5,14H2,1H3;2*1H. The highest BCUT2D eigenvalue weighted by atomic mass is 35.5. The van der Waals surface area contributed by atoms with Gasteiger partial charge in [-0.15, -0.1) is 24.8 Å². The van der Waals surface area contributed by atoms with E-state index in [0.717, 1.165) is 42.8 Å². The van der Waals surface area contributed by atoms with Crippen molar-refractivity contribution >= 4 is 36.3 Å². The van der Waals surface area contributed by atoms with E-state index >= 15 is 0 Å². The zero-order valence-electron chi connectivity index (χ0n) is 11.5. The van der Waals surface area contributed by atoms with Crippen LogP contribution in [0.1, 0.15) is 31.4 Å². The Morgan fingerprint density at radius 2 is 1.95 bits per heavy atom. The molecule has 2 heterocycles. The van der Waals surface area contributed by atoms with Crippen molar-refractivity contribution in [2.24, 2.45) is 5.73 Å². The van der Waals surface area contributed by atoms with Crippen molar-refractivity contribution in [2.45, 2.75) is 44.7 Å². The number of halogens is 2. The summed E-state index contributed by atoms with van der Waals surface area (Å²) in [5, 5.41) is 7.88. The van der Waals surface area contributed by atoms with Crippen LogP contribution in [-0.2, 0) is 0 Å². The topological polar surface area (TPSA) is 68.2 Å². The second-order valence-electron chi connectivity index (χ2n) is 5.14. The molecule has 0 spiro atoms. The van der Waals surface area contributed by atoms with Crippen LogP contribution in [0.3, 0.4) is 0 Å². The Balaban J connectivity index is 0.000001000. The molecule has 0 amide bonds. The fourth-order valence-corrected chi connectivity index (χ4v) is 2.61. The lowest BCUT2D eigenvalue weighted by Crippen LogP contribution is -2.33. The second kappa shape index (κ2) is 7.11. The Bertz CT molecular complexity index is 549. The molecule has 2 aromatic rings. The number of aromatic nitrogens is 3. The molecule has 0 saturated heterocycles. The van der Waals surface area contributed by atoms with E-state index in [1.165, 1.54) is 0 Å². The van der Waals surface area contributed by atoms with Gasteiger partial charge >= 0.3 is 0 Å². The number of aryl methyl sites for hydroxylation is 1. The molecule has 3 N–H and O–H groups in total. The Kier molecular flexibility index (Phi) is 6.05. The third kappa shape index (κ3) is 3.53. The first-order valence-electron chi connectivity index (χ1n) is 6.56. The van der Waals surface area contributed by atoms with E-state index in [1.54, 1.807) is 6.20 Å². The third-order valence-electron chi connectivity index (χ3n) is 3.61. The van der Waals surface area contributed by atoms with E-state index in [0.29, 0.717) is 12.1 Å². The highest BCUT2D eigenvalue weighted by molar-refractivity contribution is 5.85. The highest BCUT2D eigenvalue weighted by Gasteiger charge is 2.19. The van der Waals surface area contributed by atoms with Crippen LogP contribution in [0.4, 0.5) is 5.82 Å². The first kappa shape index (κ1) is 17.0. The Hall–Kier alpha value is -1.04. The summed E-state index contributed by atoms with van der Waals surface area (Å²) in [6, 6.07) is 4.86. The molecule has 0 unspecified atom stereocenters. The molecule has 0 aliphatic heterocycles. The summed E-state index contributed by atoms with van der Waals surface area (Å²) >= 11 is 0. The van der Waals surface area contributed by atoms with Crippen molar-refractivity contribution in [3.63, 3.8) is 0 Å². The van der Waals surface area contributed by atoms with E-state index in [1.807, 2.05) is 17.5 Å². The summed E-state index contributed by atoms with van der Waals surface area (Å²) in [7, 11) is 0.